The molecule has 3 aromatic carbocycles. The molecule has 0 heterocycles. The monoisotopic (exact) mass is 391 g/mol. The Kier molecular flexibility index (Phi) is 5.78. The molecule has 0 saturated heterocycles. The largest absolute Gasteiger partial charge is 0.428 e. The summed E-state index contributed by atoms with van der Waals surface area (Å²) in [6.07, 6.45) is -1.02. The predicted octanol–water partition coefficient (Wildman–Crippen LogP) is 5.90. The van der Waals surface area contributed by atoms with Gasteiger partial charge in [-0.05, 0) is 36.4 Å². The number of hydrogen-bond donors (Lipinski definition) is 0. The molecule has 0 fully saturated rings. The van der Waals surface area contributed by atoms with Crippen LogP contribution in [0.5, 0.6) is 11.5 Å². The van der Waals surface area contributed by atoms with Crippen molar-refractivity contribution in [2.75, 3.05) is 4.90 Å². The van der Waals surface area contributed by atoms with E-state index in [0.29, 0.717) is 0 Å². The van der Waals surface area contributed by atoms with Crippen molar-refractivity contribution in [1.82, 2.24) is 0 Å². The number of ether oxygens (including phenoxy) is 2. The van der Waals surface area contributed by atoms with Gasteiger partial charge in [0.15, 0.2) is 17.4 Å². The first-order valence-electron chi connectivity index (χ1n) is 8.02. The van der Waals surface area contributed by atoms with Crippen LogP contribution in [0.1, 0.15) is 0 Å². The fourth-order valence-electron chi connectivity index (χ4n) is 2.45. The number of carbonyl (C=O) groups is 1. The molecule has 28 heavy (non-hydrogen) atoms. The zero-order valence-corrected chi connectivity index (χ0v) is 14.2. The van der Waals surface area contributed by atoms with Crippen LogP contribution in [0.3, 0.4) is 0 Å². The third-order valence-corrected chi connectivity index (χ3v) is 3.62. The summed E-state index contributed by atoms with van der Waals surface area (Å²) < 4.78 is 62.8. The third kappa shape index (κ3) is 4.22. The number of amides is 1. The normalized spacial score (nSPS) is 10.6. The lowest BCUT2D eigenvalue weighted by Gasteiger charge is -2.23. The quantitative estimate of drug-likeness (QED) is 0.508. The highest BCUT2D eigenvalue weighted by atomic mass is 19.3. The molecular formula is C20H13F4NO3. The van der Waals surface area contributed by atoms with E-state index in [1.54, 1.807) is 36.4 Å². The summed E-state index contributed by atoms with van der Waals surface area (Å²) in [7, 11) is 0. The van der Waals surface area contributed by atoms with Crippen LogP contribution in [-0.4, -0.2) is 12.7 Å². The molecule has 4 nitrogen and oxygen atoms in total. The Morgan fingerprint density at radius 3 is 2.07 bits per heavy atom. The molecule has 1 amide bonds. The molecule has 0 spiro atoms. The predicted molar refractivity (Wildman–Crippen MR) is 94.0 cm³/mol. The molecule has 3 rings (SSSR count). The van der Waals surface area contributed by atoms with Gasteiger partial charge in [-0.15, -0.1) is 0 Å². The number of halogens is 4. The summed E-state index contributed by atoms with van der Waals surface area (Å²) >= 11 is 0. The van der Waals surface area contributed by atoms with Crippen molar-refractivity contribution in [2.45, 2.75) is 6.61 Å². The number of nitrogens with zero attached hydrogens (tertiary/aromatic N) is 1. The maximum absolute atomic E-state index is 14.8. The second-order valence-electron chi connectivity index (χ2n) is 5.44. The van der Waals surface area contributed by atoms with E-state index in [-0.39, 0.29) is 11.4 Å². The maximum Gasteiger partial charge on any atom is 0.424 e. The van der Waals surface area contributed by atoms with Crippen LogP contribution in [0.25, 0.3) is 0 Å². The molecule has 0 N–H and O–H groups in total. The molecule has 0 atom stereocenters. The lowest BCUT2D eigenvalue weighted by Crippen LogP contribution is -2.30. The second-order valence-corrected chi connectivity index (χ2v) is 5.44. The van der Waals surface area contributed by atoms with Gasteiger partial charge < -0.3 is 9.47 Å². The van der Waals surface area contributed by atoms with Gasteiger partial charge in [-0.1, -0.05) is 36.4 Å². The van der Waals surface area contributed by atoms with E-state index >= 15 is 0 Å². The van der Waals surface area contributed by atoms with Gasteiger partial charge in [-0.25, -0.2) is 18.5 Å². The fourth-order valence-corrected chi connectivity index (χ4v) is 2.45. The van der Waals surface area contributed by atoms with Crippen LogP contribution in [0.15, 0.2) is 72.8 Å². The SMILES string of the molecule is O=C(Oc1ccccc1)N(c1ccccc1)c1ccc(F)c(OC(F)F)c1F. The maximum atomic E-state index is 14.8. The Balaban J connectivity index is 2.06. The topological polar surface area (TPSA) is 38.8 Å². The highest BCUT2D eigenvalue weighted by molar-refractivity contribution is 5.97. The van der Waals surface area contributed by atoms with Gasteiger partial charge in [-0.2, -0.15) is 8.78 Å². The standard InChI is InChI=1S/C20H13F4NO3/c21-15-11-12-16(17(22)18(15)28-19(23)24)25(13-7-3-1-4-8-13)20(26)27-14-9-5-2-6-10-14/h1-12,19H. The fraction of sp³-hybridized carbons (Fsp3) is 0.0500. The van der Waals surface area contributed by atoms with Gasteiger partial charge in [0.25, 0.3) is 0 Å². The summed E-state index contributed by atoms with van der Waals surface area (Å²) in [6, 6.07) is 17.4. The molecule has 0 saturated carbocycles. The number of alkyl halides is 2. The van der Waals surface area contributed by atoms with Gasteiger partial charge in [0.05, 0.1) is 11.4 Å². The molecule has 0 aliphatic heterocycles. The summed E-state index contributed by atoms with van der Waals surface area (Å²) in [4.78, 5) is 13.5. The molecule has 0 bridgehead atoms. The van der Waals surface area contributed by atoms with Crippen LogP contribution < -0.4 is 14.4 Å². The summed E-state index contributed by atoms with van der Waals surface area (Å²) in [5.74, 6) is -3.90. The lowest BCUT2D eigenvalue weighted by atomic mass is 10.2. The number of hydrogen-bond acceptors (Lipinski definition) is 3. The summed E-state index contributed by atoms with van der Waals surface area (Å²) in [6.45, 7) is -3.44. The highest BCUT2D eigenvalue weighted by Crippen LogP contribution is 2.35. The van der Waals surface area contributed by atoms with Crippen LogP contribution in [0.4, 0.5) is 33.7 Å². The number of rotatable bonds is 5. The van der Waals surface area contributed by atoms with Crippen molar-refractivity contribution in [1.29, 1.82) is 0 Å². The molecular weight excluding hydrogens is 378 g/mol. The lowest BCUT2D eigenvalue weighted by molar-refractivity contribution is -0.0545. The Labute approximate surface area is 157 Å². The van der Waals surface area contributed by atoms with Crippen LogP contribution in [-0.2, 0) is 0 Å². The average Bonchev–Trinajstić information content (AvgIpc) is 2.68. The minimum absolute atomic E-state index is 0.178. The van der Waals surface area contributed by atoms with Gasteiger partial charge >= 0.3 is 12.7 Å². The number of carbonyl (C=O) groups excluding carboxylic acids is 1. The molecule has 144 valence electrons. The van der Waals surface area contributed by atoms with E-state index < -0.39 is 35.8 Å². The molecule has 0 radical (unpaired) electrons. The van der Waals surface area contributed by atoms with Crippen molar-refractivity contribution in [3.63, 3.8) is 0 Å². The average molecular weight is 391 g/mol. The van der Waals surface area contributed by atoms with Gasteiger partial charge in [0.2, 0.25) is 0 Å². The van der Waals surface area contributed by atoms with Crippen LogP contribution >= 0.6 is 0 Å². The van der Waals surface area contributed by atoms with Gasteiger partial charge in [0, 0.05) is 0 Å². The molecule has 0 aliphatic rings. The zero-order valence-electron chi connectivity index (χ0n) is 14.2. The van der Waals surface area contributed by atoms with E-state index in [9.17, 15) is 22.4 Å². The number of benzene rings is 3. The molecule has 3 aromatic rings. The minimum Gasteiger partial charge on any atom is -0.428 e. The van der Waals surface area contributed by atoms with E-state index in [0.717, 1.165) is 17.0 Å². The first-order valence-corrected chi connectivity index (χ1v) is 8.02. The van der Waals surface area contributed by atoms with Crippen molar-refractivity contribution in [3.05, 3.63) is 84.4 Å². The van der Waals surface area contributed by atoms with Gasteiger partial charge in [-0.3, -0.25) is 0 Å². The first kappa shape index (κ1) is 19.2. The Morgan fingerprint density at radius 1 is 0.857 bits per heavy atom. The van der Waals surface area contributed by atoms with E-state index in [4.69, 9.17) is 4.74 Å². The van der Waals surface area contributed by atoms with Crippen molar-refractivity contribution < 1.29 is 31.8 Å². The van der Waals surface area contributed by atoms with Crippen LogP contribution in [0, 0.1) is 11.6 Å². The van der Waals surface area contributed by atoms with E-state index in [2.05, 4.69) is 4.74 Å². The third-order valence-electron chi connectivity index (χ3n) is 3.62. The second kappa shape index (κ2) is 8.43. The Morgan fingerprint density at radius 2 is 1.46 bits per heavy atom. The number of anilines is 2. The van der Waals surface area contributed by atoms with Crippen molar-refractivity contribution >= 4 is 17.5 Å². The van der Waals surface area contributed by atoms with Gasteiger partial charge in [0.1, 0.15) is 5.75 Å². The Hall–Kier alpha value is -3.55. The summed E-state index contributed by atoms with van der Waals surface area (Å²) in [5, 5.41) is 0. The molecule has 0 aromatic heterocycles. The highest BCUT2D eigenvalue weighted by Gasteiger charge is 2.28. The summed E-state index contributed by atoms with van der Waals surface area (Å²) in [5.41, 5.74) is -0.332. The van der Waals surface area contributed by atoms with E-state index in [1.165, 1.54) is 24.3 Å². The number of para-hydroxylation sites is 2. The van der Waals surface area contributed by atoms with E-state index in [1.807, 2.05) is 0 Å². The molecule has 0 unspecified atom stereocenters. The van der Waals surface area contributed by atoms with Crippen molar-refractivity contribution in [2.24, 2.45) is 0 Å². The van der Waals surface area contributed by atoms with Crippen molar-refractivity contribution in [3.8, 4) is 11.5 Å². The molecule has 0 aliphatic carbocycles. The first-order chi connectivity index (χ1) is 13.5. The smallest absolute Gasteiger partial charge is 0.424 e. The Bertz CT molecular complexity index is 952. The minimum atomic E-state index is -3.44. The molecule has 8 heteroatoms. The van der Waals surface area contributed by atoms with Crippen LogP contribution in [0.2, 0.25) is 0 Å². The zero-order chi connectivity index (χ0) is 20.1.